The number of aromatic nitrogens is 2. The van der Waals surface area contributed by atoms with Gasteiger partial charge in [-0.15, -0.1) is 0 Å². The quantitative estimate of drug-likeness (QED) is 0.892. The summed E-state index contributed by atoms with van der Waals surface area (Å²) in [6, 6.07) is 5.49. The number of nitrogens with zero attached hydrogens (tertiary/aromatic N) is 1. The highest BCUT2D eigenvalue weighted by Gasteiger charge is 2.29. The van der Waals surface area contributed by atoms with Crippen LogP contribution in [-0.4, -0.2) is 25.7 Å². The fourth-order valence-corrected chi connectivity index (χ4v) is 3.73. The van der Waals surface area contributed by atoms with Crippen LogP contribution in [0.5, 0.6) is 5.75 Å². The van der Waals surface area contributed by atoms with Crippen molar-refractivity contribution in [2.45, 2.75) is 23.8 Å². The van der Waals surface area contributed by atoms with E-state index >= 15 is 0 Å². The van der Waals surface area contributed by atoms with Crippen molar-refractivity contribution in [1.29, 1.82) is 0 Å². The molecule has 0 saturated carbocycles. The smallest absolute Gasteiger partial charge is 0.244 e. The van der Waals surface area contributed by atoms with E-state index in [1.165, 1.54) is 12.4 Å². The Morgan fingerprint density at radius 3 is 3.00 bits per heavy atom. The second kappa shape index (κ2) is 4.92. The first-order valence-electron chi connectivity index (χ1n) is 6.28. The van der Waals surface area contributed by atoms with Crippen molar-refractivity contribution in [3.05, 3.63) is 41.7 Å². The lowest BCUT2D eigenvalue weighted by Crippen LogP contribution is -2.27. The number of hydrogen-bond acceptors (Lipinski definition) is 4. The molecule has 1 aromatic heterocycles. The van der Waals surface area contributed by atoms with Gasteiger partial charge in [0.2, 0.25) is 10.0 Å². The molecule has 0 radical (unpaired) electrons. The van der Waals surface area contributed by atoms with E-state index in [2.05, 4.69) is 14.9 Å². The first-order chi connectivity index (χ1) is 9.62. The Hall–Kier alpha value is -1.86. The zero-order chi connectivity index (χ0) is 14.2. The Morgan fingerprint density at radius 2 is 2.30 bits per heavy atom. The van der Waals surface area contributed by atoms with Gasteiger partial charge in [-0.05, 0) is 30.0 Å². The molecule has 0 amide bonds. The van der Waals surface area contributed by atoms with Crippen LogP contribution in [0.25, 0.3) is 0 Å². The normalized spacial score (nSPS) is 17.9. The topological polar surface area (TPSA) is 84.1 Å². The highest BCUT2D eigenvalue weighted by molar-refractivity contribution is 7.89. The van der Waals surface area contributed by atoms with Crippen molar-refractivity contribution in [2.24, 2.45) is 0 Å². The maximum atomic E-state index is 12.2. The molecule has 1 aliphatic carbocycles. The van der Waals surface area contributed by atoms with Crippen LogP contribution in [0.15, 0.2) is 35.5 Å². The van der Waals surface area contributed by atoms with Gasteiger partial charge in [-0.2, -0.15) is 5.10 Å². The molecule has 0 spiro atoms. The molecular weight excluding hydrogens is 278 g/mol. The van der Waals surface area contributed by atoms with Crippen LogP contribution in [0.2, 0.25) is 0 Å². The van der Waals surface area contributed by atoms with E-state index < -0.39 is 10.0 Å². The zero-order valence-electron chi connectivity index (χ0n) is 11.0. The van der Waals surface area contributed by atoms with Crippen molar-refractivity contribution in [3.8, 4) is 5.75 Å². The monoisotopic (exact) mass is 293 g/mol. The van der Waals surface area contributed by atoms with Gasteiger partial charge in [0, 0.05) is 12.2 Å². The molecule has 1 aromatic carbocycles. The van der Waals surface area contributed by atoms with Crippen LogP contribution in [0.3, 0.4) is 0 Å². The van der Waals surface area contributed by atoms with Gasteiger partial charge in [0.15, 0.2) is 0 Å². The third kappa shape index (κ3) is 2.19. The molecule has 0 bridgehead atoms. The van der Waals surface area contributed by atoms with Crippen LogP contribution in [0.4, 0.5) is 0 Å². The number of fused-ring (bicyclic) bond motifs is 1. The number of ether oxygens (including phenoxy) is 1. The van der Waals surface area contributed by atoms with E-state index in [0.717, 1.165) is 29.7 Å². The molecule has 2 aromatic rings. The van der Waals surface area contributed by atoms with Crippen molar-refractivity contribution in [1.82, 2.24) is 14.9 Å². The molecule has 7 heteroatoms. The number of nitrogens with one attached hydrogen (secondary N) is 2. The van der Waals surface area contributed by atoms with Crippen LogP contribution in [-0.2, 0) is 16.4 Å². The molecule has 2 N–H and O–H groups in total. The van der Waals surface area contributed by atoms with Gasteiger partial charge in [0.05, 0.1) is 13.3 Å². The number of benzene rings is 1. The molecule has 20 heavy (non-hydrogen) atoms. The Labute approximate surface area is 117 Å². The van der Waals surface area contributed by atoms with E-state index in [1.807, 2.05) is 18.2 Å². The van der Waals surface area contributed by atoms with Gasteiger partial charge in [-0.1, -0.05) is 12.1 Å². The lowest BCUT2D eigenvalue weighted by molar-refractivity contribution is 0.410. The second-order valence-corrected chi connectivity index (χ2v) is 6.39. The first-order valence-corrected chi connectivity index (χ1v) is 7.77. The average Bonchev–Trinajstić information content (AvgIpc) is 3.08. The van der Waals surface area contributed by atoms with Gasteiger partial charge in [0.25, 0.3) is 0 Å². The van der Waals surface area contributed by atoms with Crippen molar-refractivity contribution in [2.75, 3.05) is 7.11 Å². The maximum absolute atomic E-state index is 12.2. The average molecular weight is 293 g/mol. The second-order valence-electron chi connectivity index (χ2n) is 4.67. The fourth-order valence-electron chi connectivity index (χ4n) is 2.58. The lowest BCUT2D eigenvalue weighted by Gasteiger charge is -2.14. The third-order valence-corrected chi connectivity index (χ3v) is 4.97. The van der Waals surface area contributed by atoms with Gasteiger partial charge < -0.3 is 4.74 Å². The van der Waals surface area contributed by atoms with Crippen LogP contribution < -0.4 is 9.46 Å². The minimum atomic E-state index is -3.55. The summed E-state index contributed by atoms with van der Waals surface area (Å²) in [6.07, 6.45) is 4.19. The van der Waals surface area contributed by atoms with Gasteiger partial charge in [0.1, 0.15) is 10.6 Å². The van der Waals surface area contributed by atoms with E-state index in [1.54, 1.807) is 7.11 Å². The maximum Gasteiger partial charge on any atom is 0.244 e. The SMILES string of the molecule is COc1cccc2c1CCC2NS(=O)(=O)c1cn[nH]c1. The molecular formula is C13H15N3O3S. The molecule has 3 rings (SSSR count). The highest BCUT2D eigenvalue weighted by atomic mass is 32.2. The van der Waals surface area contributed by atoms with Gasteiger partial charge >= 0.3 is 0 Å². The summed E-state index contributed by atoms with van der Waals surface area (Å²) in [5.41, 5.74) is 2.06. The summed E-state index contributed by atoms with van der Waals surface area (Å²) < 4.78 is 32.5. The number of sulfonamides is 1. The number of H-pyrrole nitrogens is 1. The highest BCUT2D eigenvalue weighted by Crippen LogP contribution is 2.37. The molecule has 6 nitrogen and oxygen atoms in total. The minimum Gasteiger partial charge on any atom is -0.496 e. The van der Waals surface area contributed by atoms with E-state index in [-0.39, 0.29) is 10.9 Å². The van der Waals surface area contributed by atoms with Crippen LogP contribution >= 0.6 is 0 Å². The summed E-state index contributed by atoms with van der Waals surface area (Å²) in [6.45, 7) is 0. The summed E-state index contributed by atoms with van der Waals surface area (Å²) >= 11 is 0. The molecule has 0 fully saturated rings. The molecule has 1 aliphatic rings. The number of hydrogen-bond donors (Lipinski definition) is 2. The summed E-state index contributed by atoms with van der Waals surface area (Å²) in [4.78, 5) is 0.147. The fraction of sp³-hybridized carbons (Fsp3) is 0.308. The Kier molecular flexibility index (Phi) is 3.23. The number of aromatic amines is 1. The third-order valence-electron chi connectivity index (χ3n) is 3.53. The first kappa shape index (κ1) is 13.1. The van der Waals surface area contributed by atoms with E-state index in [0.29, 0.717) is 0 Å². The predicted molar refractivity (Wildman–Crippen MR) is 73.0 cm³/mol. The Balaban J connectivity index is 1.90. The predicted octanol–water partition coefficient (Wildman–Crippen LogP) is 1.38. The van der Waals surface area contributed by atoms with E-state index in [4.69, 9.17) is 4.74 Å². The van der Waals surface area contributed by atoms with E-state index in [9.17, 15) is 8.42 Å². The van der Waals surface area contributed by atoms with Crippen molar-refractivity contribution < 1.29 is 13.2 Å². The number of rotatable bonds is 4. The Morgan fingerprint density at radius 1 is 1.45 bits per heavy atom. The van der Waals surface area contributed by atoms with Crippen LogP contribution in [0.1, 0.15) is 23.6 Å². The zero-order valence-corrected chi connectivity index (χ0v) is 11.8. The summed E-state index contributed by atoms with van der Waals surface area (Å²) in [5.74, 6) is 0.813. The minimum absolute atomic E-state index is 0.147. The molecule has 1 atom stereocenters. The lowest BCUT2D eigenvalue weighted by atomic mass is 10.1. The summed E-state index contributed by atoms with van der Waals surface area (Å²) in [7, 11) is -1.92. The largest absolute Gasteiger partial charge is 0.496 e. The standard InChI is InChI=1S/C13H15N3O3S/c1-19-13-4-2-3-10-11(13)5-6-12(10)16-20(17,18)9-7-14-15-8-9/h2-4,7-8,12,16H,5-6H2,1H3,(H,14,15). The van der Waals surface area contributed by atoms with Gasteiger partial charge in [-0.3, -0.25) is 5.10 Å². The van der Waals surface area contributed by atoms with Crippen LogP contribution in [0, 0.1) is 0 Å². The van der Waals surface area contributed by atoms with Gasteiger partial charge in [-0.25, -0.2) is 13.1 Å². The molecule has 1 heterocycles. The summed E-state index contributed by atoms with van der Waals surface area (Å²) in [5, 5.41) is 6.18. The number of methoxy groups -OCH3 is 1. The van der Waals surface area contributed by atoms with Crippen molar-refractivity contribution >= 4 is 10.0 Å². The Bertz CT molecular complexity index is 710. The molecule has 106 valence electrons. The molecule has 1 unspecified atom stereocenters. The molecule has 0 saturated heterocycles. The van der Waals surface area contributed by atoms with Crippen molar-refractivity contribution in [3.63, 3.8) is 0 Å². The molecule has 0 aliphatic heterocycles.